The Labute approximate surface area is 676 Å². The van der Waals surface area contributed by atoms with Gasteiger partial charge < -0.3 is 82.9 Å². The lowest BCUT2D eigenvalue weighted by Gasteiger charge is -2.24. The number of unbranched alkanes of at least 4 members (excludes halogenated alkanes) is 8. The van der Waals surface area contributed by atoms with Gasteiger partial charge in [-0.1, -0.05) is 107 Å². The summed E-state index contributed by atoms with van der Waals surface area (Å²) in [4.78, 5) is 30.2. The van der Waals surface area contributed by atoms with Gasteiger partial charge in [0.15, 0.2) is 0 Å². The SMILES string of the molecule is CCCCOc1c2cc(N)cc1Cc1cc(N)cc(c1OCCCC)Cc1cc(NC(=O)c3ccc(C(=O)Nc4cc5c(OCCCC)c(c4)Cc4cc(N)cc(c4OCCCC)Cc4cc(N)cc(c4OCCCC)Cc4cc(N)cc(c4OCCCC)C5)cc3)cc(c1OCCCC)Cc1cc(N)cc(c1OCCCC)C2. The zero-order valence-electron chi connectivity index (χ0n) is 68.7. The average Bonchev–Trinajstić information content (AvgIpc) is 0.776. The Morgan fingerprint density at radius 1 is 0.237 bits per heavy atom. The van der Waals surface area contributed by atoms with Crippen LogP contribution in [0.4, 0.5) is 45.5 Å². The molecule has 0 atom stereocenters. The second kappa shape index (κ2) is 41.2. The summed E-state index contributed by atoms with van der Waals surface area (Å²) >= 11 is 0. The number of benzene rings is 9. The normalized spacial score (nSPS) is 12.4. The molecule has 18 nitrogen and oxygen atoms in total. The van der Waals surface area contributed by atoms with Crippen molar-refractivity contribution in [1.29, 1.82) is 0 Å². The van der Waals surface area contributed by atoms with Crippen LogP contribution in [0.25, 0.3) is 0 Å². The van der Waals surface area contributed by atoms with E-state index in [9.17, 15) is 0 Å². The van der Waals surface area contributed by atoms with Gasteiger partial charge in [-0.25, -0.2) is 0 Å². The third-order valence-electron chi connectivity index (χ3n) is 21.0. The maximum atomic E-state index is 15.1. The number of carbonyl (C=O) groups is 2. The van der Waals surface area contributed by atoms with Crippen LogP contribution in [0.1, 0.15) is 268 Å². The van der Waals surface area contributed by atoms with Crippen LogP contribution < -0.4 is 82.9 Å². The maximum absolute atomic E-state index is 15.1. The third-order valence-corrected chi connectivity index (χ3v) is 21.0. The van der Waals surface area contributed by atoms with Crippen LogP contribution in [0.5, 0.6) is 46.0 Å². The van der Waals surface area contributed by atoms with Gasteiger partial charge in [-0.05, 0) is 173 Å². The minimum absolute atomic E-state index is 0.331. The second-order valence-electron chi connectivity index (χ2n) is 30.8. The highest BCUT2D eigenvalue weighted by Crippen LogP contribution is 2.46. The summed E-state index contributed by atoms with van der Waals surface area (Å²) in [6.45, 7) is 21.1. The molecule has 0 aromatic heterocycles. The van der Waals surface area contributed by atoms with E-state index in [2.05, 4.69) is 66.0 Å². The highest BCUT2D eigenvalue weighted by Gasteiger charge is 2.29. The molecule has 9 aromatic rings. The number of rotatable bonds is 36. The largest absolute Gasteiger partial charge is 0.493 e. The van der Waals surface area contributed by atoms with Crippen molar-refractivity contribution in [2.75, 3.05) is 97.9 Å². The molecule has 0 aliphatic heterocycles. The molecule has 16 bridgehead atoms. The molecule has 2 amide bonds. The number of nitrogens with one attached hydrogen (secondary N) is 2. The van der Waals surface area contributed by atoms with Crippen LogP contribution in [-0.4, -0.2) is 64.7 Å². The van der Waals surface area contributed by atoms with Gasteiger partial charge in [0.05, 0.1) is 52.9 Å². The van der Waals surface area contributed by atoms with Crippen molar-refractivity contribution in [2.45, 2.75) is 209 Å². The van der Waals surface area contributed by atoms with Gasteiger partial charge in [-0.3, -0.25) is 9.59 Å². The summed E-state index contributed by atoms with van der Waals surface area (Å²) in [5.41, 5.74) is 60.9. The first-order valence-corrected chi connectivity index (χ1v) is 42.0. The van der Waals surface area contributed by atoms with Gasteiger partial charge in [-0.2, -0.15) is 0 Å². The number of hydrogen-bond donors (Lipinski definition) is 8. The molecule has 18 heteroatoms. The van der Waals surface area contributed by atoms with Crippen molar-refractivity contribution in [3.63, 3.8) is 0 Å². The Morgan fingerprint density at radius 2 is 0.368 bits per heavy atom. The van der Waals surface area contributed by atoms with E-state index in [1.807, 2.05) is 97.1 Å². The van der Waals surface area contributed by atoms with Crippen LogP contribution in [0.2, 0.25) is 0 Å². The molecule has 0 heterocycles. The predicted octanol–water partition coefficient (Wildman–Crippen LogP) is 20.5. The first-order valence-electron chi connectivity index (χ1n) is 42.0. The molecule has 14 N–H and O–H groups in total. The molecule has 0 saturated heterocycles. The molecule has 11 rings (SSSR count). The highest BCUT2D eigenvalue weighted by molar-refractivity contribution is 6.07. The Bertz CT molecular complexity index is 4260. The Morgan fingerprint density at radius 3 is 0.500 bits per heavy atom. The summed E-state index contributed by atoms with van der Waals surface area (Å²) in [6, 6.07) is 38.6. The van der Waals surface area contributed by atoms with Crippen molar-refractivity contribution in [3.05, 3.63) is 221 Å². The smallest absolute Gasteiger partial charge is 0.255 e. The first kappa shape index (κ1) is 84.0. The van der Waals surface area contributed by atoms with Gasteiger partial charge in [0.2, 0.25) is 0 Å². The van der Waals surface area contributed by atoms with Crippen molar-refractivity contribution in [2.24, 2.45) is 0 Å². The van der Waals surface area contributed by atoms with Crippen molar-refractivity contribution in [1.82, 2.24) is 0 Å². The topological polar surface area (TPSA) is 288 Å². The summed E-state index contributed by atoms with van der Waals surface area (Å²) in [5, 5.41) is 6.59. The molecule has 606 valence electrons. The zero-order chi connectivity index (χ0) is 80.6. The fourth-order valence-corrected chi connectivity index (χ4v) is 15.3. The molecule has 9 aromatic carbocycles. The molecule has 0 radical (unpaired) electrons. The number of fused-ring (bicyclic) bond motifs is 16. The molecule has 2 aliphatic rings. The molecule has 2 aliphatic carbocycles. The monoisotopic (exact) mass is 1550 g/mol. The Hall–Kier alpha value is -10.9. The van der Waals surface area contributed by atoms with Crippen LogP contribution >= 0.6 is 0 Å². The van der Waals surface area contributed by atoms with Crippen molar-refractivity contribution >= 4 is 57.3 Å². The zero-order valence-corrected chi connectivity index (χ0v) is 68.7. The summed E-state index contributed by atoms with van der Waals surface area (Å²) in [6.07, 6.45) is 17.2. The maximum Gasteiger partial charge on any atom is 0.255 e. The van der Waals surface area contributed by atoms with E-state index in [1.54, 1.807) is 24.3 Å². The van der Waals surface area contributed by atoms with Gasteiger partial charge in [0.25, 0.3) is 11.8 Å². The number of ether oxygens (including phenoxy) is 8. The lowest BCUT2D eigenvalue weighted by molar-refractivity contribution is 0.101. The standard InChI is InChI=1S/C96H122N8O10/c1-9-17-29-107-87-63-37-67-49-81(99)53-71(89(67)109-31-19-11-3)41-75-57-85(58-76(93(75)113-35-23-15-7)42-72-54-82(100)50-68(90(72)110-32-20-12-4)38-64(87)46-79(97)45-63)103-95(105)61-25-27-62(28-26-61)96(106)104-86-59-77-43-73-55-83(101)51-69(91(73)111-33-21-13-5)39-65-47-80(98)48-66(88(65)108-30-18-10-2)40-70-52-84(102)56-74(92(70)112-34-22-14-6)44-78(60-86)94(77)114-36-24-16-8/h25-28,45-60H,9-24,29-44,97-102H2,1-8H3,(H,103,105)(H,104,106). The number of carbonyl (C=O) groups excluding carboxylic acids is 2. The van der Waals surface area contributed by atoms with E-state index in [-0.39, 0.29) is 11.8 Å². The molecule has 0 fully saturated rings. The lowest BCUT2D eigenvalue weighted by atomic mass is 9.90. The fraction of sp³-hybridized carbons (Fsp3) is 0.417. The summed E-state index contributed by atoms with van der Waals surface area (Å²) < 4.78 is 55.3. The van der Waals surface area contributed by atoms with Gasteiger partial charge in [-0.15, -0.1) is 0 Å². The van der Waals surface area contributed by atoms with Gasteiger partial charge in [0.1, 0.15) is 46.0 Å². The van der Waals surface area contributed by atoms with Crippen LogP contribution in [0.15, 0.2) is 121 Å². The van der Waals surface area contributed by atoms with Gasteiger partial charge in [0, 0.05) is 197 Å². The van der Waals surface area contributed by atoms with Crippen molar-refractivity contribution < 1.29 is 47.5 Å². The van der Waals surface area contributed by atoms with E-state index in [4.69, 9.17) is 72.3 Å². The summed E-state index contributed by atoms with van der Waals surface area (Å²) in [7, 11) is 0. The van der Waals surface area contributed by atoms with Crippen LogP contribution in [0, 0.1) is 0 Å². The van der Waals surface area contributed by atoms with E-state index in [0.29, 0.717) is 172 Å². The molecular formula is C96H122N8O10. The molecule has 114 heavy (non-hydrogen) atoms. The molecule has 0 saturated carbocycles. The number of nitrogens with two attached hydrogens (primary N) is 6. The molecule has 0 spiro atoms. The molecular weight excluding hydrogens is 1430 g/mol. The Kier molecular flexibility index (Phi) is 30.4. The van der Waals surface area contributed by atoms with Gasteiger partial charge >= 0.3 is 0 Å². The number of amides is 2. The van der Waals surface area contributed by atoms with Crippen LogP contribution in [0.3, 0.4) is 0 Å². The van der Waals surface area contributed by atoms with E-state index in [0.717, 1.165) is 226 Å². The highest BCUT2D eigenvalue weighted by atomic mass is 16.5. The minimum atomic E-state index is -0.384. The predicted molar refractivity (Wildman–Crippen MR) is 466 cm³/mol. The lowest BCUT2D eigenvalue weighted by Crippen LogP contribution is -2.16. The minimum Gasteiger partial charge on any atom is -0.493 e. The fourth-order valence-electron chi connectivity index (χ4n) is 15.3. The quantitative estimate of drug-likeness (QED) is 0.0134. The summed E-state index contributed by atoms with van der Waals surface area (Å²) in [5.74, 6) is 5.06. The van der Waals surface area contributed by atoms with E-state index >= 15 is 9.59 Å². The van der Waals surface area contributed by atoms with E-state index < -0.39 is 0 Å². The van der Waals surface area contributed by atoms with E-state index in [1.165, 1.54) is 0 Å². The first-order chi connectivity index (χ1) is 55.4. The Balaban J connectivity index is 0.994. The third kappa shape index (κ3) is 21.9. The van der Waals surface area contributed by atoms with Crippen molar-refractivity contribution in [3.8, 4) is 46.0 Å². The number of nitrogen functional groups attached to an aromatic ring is 6. The number of hydrogen-bond acceptors (Lipinski definition) is 16. The van der Waals surface area contributed by atoms with Crippen LogP contribution in [-0.2, 0) is 51.4 Å². The molecule has 0 unspecified atom stereocenters. The second-order valence-corrected chi connectivity index (χ2v) is 30.8. The average molecular weight is 1550 g/mol. The number of anilines is 8.